The van der Waals surface area contributed by atoms with E-state index in [9.17, 15) is 4.39 Å². The molecule has 1 aromatic rings. The number of hydrogen-bond acceptors (Lipinski definition) is 2. The number of nitrogens with one attached hydrogen (secondary N) is 1. The van der Waals surface area contributed by atoms with E-state index in [4.69, 9.17) is 0 Å². The molecular formula is C14H19FN2. The summed E-state index contributed by atoms with van der Waals surface area (Å²) in [7, 11) is 3.82. The van der Waals surface area contributed by atoms with E-state index >= 15 is 0 Å². The number of nitrogens with zero attached hydrogens (tertiary/aromatic N) is 1. The topological polar surface area (TPSA) is 15.3 Å². The zero-order valence-electron chi connectivity index (χ0n) is 10.4. The molecule has 92 valence electrons. The first-order chi connectivity index (χ1) is 8.04. The van der Waals surface area contributed by atoms with Crippen LogP contribution in [0, 0.1) is 5.82 Å². The van der Waals surface area contributed by atoms with Crippen LogP contribution in [0.3, 0.4) is 0 Å². The van der Waals surface area contributed by atoms with Crippen LogP contribution in [-0.4, -0.2) is 19.0 Å². The fraction of sp³-hybridized carbons (Fsp3) is 0.286. The van der Waals surface area contributed by atoms with Crippen LogP contribution in [0.5, 0.6) is 0 Å². The lowest BCUT2D eigenvalue weighted by molar-refractivity contribution is 0.428. The van der Waals surface area contributed by atoms with Crippen molar-refractivity contribution in [1.29, 1.82) is 0 Å². The third-order valence-electron chi connectivity index (χ3n) is 2.53. The van der Waals surface area contributed by atoms with E-state index in [2.05, 4.69) is 18.5 Å². The maximum Gasteiger partial charge on any atom is 0.123 e. The molecule has 0 heterocycles. The molecule has 0 saturated heterocycles. The molecule has 1 atom stereocenters. The first kappa shape index (κ1) is 13.3. The van der Waals surface area contributed by atoms with Gasteiger partial charge in [-0.25, -0.2) is 4.39 Å². The van der Waals surface area contributed by atoms with Crippen LogP contribution in [0.15, 0.2) is 49.3 Å². The van der Waals surface area contributed by atoms with Crippen molar-refractivity contribution in [2.45, 2.75) is 12.5 Å². The van der Waals surface area contributed by atoms with Crippen LogP contribution >= 0.6 is 0 Å². The van der Waals surface area contributed by atoms with Gasteiger partial charge in [-0.1, -0.05) is 24.8 Å². The van der Waals surface area contributed by atoms with E-state index in [1.165, 1.54) is 12.1 Å². The smallest absolute Gasteiger partial charge is 0.123 e. The molecule has 1 N–H and O–H groups in total. The highest BCUT2D eigenvalue weighted by Gasteiger charge is 2.11. The van der Waals surface area contributed by atoms with Crippen molar-refractivity contribution in [2.24, 2.45) is 0 Å². The van der Waals surface area contributed by atoms with E-state index in [0.29, 0.717) is 0 Å². The zero-order chi connectivity index (χ0) is 12.8. The average molecular weight is 234 g/mol. The van der Waals surface area contributed by atoms with E-state index < -0.39 is 0 Å². The van der Waals surface area contributed by atoms with Crippen LogP contribution in [0.2, 0.25) is 0 Å². The molecule has 1 unspecified atom stereocenters. The van der Waals surface area contributed by atoms with Gasteiger partial charge in [0.2, 0.25) is 0 Å². The average Bonchev–Trinajstić information content (AvgIpc) is 2.28. The molecular weight excluding hydrogens is 215 g/mol. The Hall–Kier alpha value is -1.77. The summed E-state index contributed by atoms with van der Waals surface area (Å²) < 4.78 is 13.2. The highest BCUT2D eigenvalue weighted by Crippen LogP contribution is 2.19. The second-order valence-corrected chi connectivity index (χ2v) is 4.12. The van der Waals surface area contributed by atoms with Gasteiger partial charge >= 0.3 is 0 Å². The molecule has 17 heavy (non-hydrogen) atoms. The molecule has 0 fully saturated rings. The van der Waals surface area contributed by atoms with Gasteiger partial charge in [0.25, 0.3) is 0 Å². The van der Waals surface area contributed by atoms with Gasteiger partial charge < -0.3 is 10.2 Å². The van der Waals surface area contributed by atoms with Crippen molar-refractivity contribution in [2.75, 3.05) is 14.1 Å². The minimum atomic E-state index is -0.228. The Morgan fingerprint density at radius 2 is 2.24 bits per heavy atom. The van der Waals surface area contributed by atoms with Crippen molar-refractivity contribution in [1.82, 2.24) is 10.2 Å². The van der Waals surface area contributed by atoms with Crippen LogP contribution in [0.4, 0.5) is 4.39 Å². The van der Waals surface area contributed by atoms with Gasteiger partial charge in [-0.05, 0) is 24.1 Å². The summed E-state index contributed by atoms with van der Waals surface area (Å²) >= 11 is 0. The molecule has 2 nitrogen and oxygen atoms in total. The lowest BCUT2D eigenvalue weighted by Crippen LogP contribution is -2.28. The third kappa shape index (κ3) is 3.94. The van der Waals surface area contributed by atoms with Crippen molar-refractivity contribution in [3.63, 3.8) is 0 Å². The predicted octanol–water partition coefficient (Wildman–Crippen LogP) is 3.07. The van der Waals surface area contributed by atoms with Gasteiger partial charge in [-0.15, -0.1) is 6.58 Å². The highest BCUT2D eigenvalue weighted by atomic mass is 19.1. The fourth-order valence-corrected chi connectivity index (χ4v) is 1.50. The minimum absolute atomic E-state index is 0.00176. The largest absolute Gasteiger partial charge is 0.365 e. The van der Waals surface area contributed by atoms with Crippen LogP contribution in [0.1, 0.15) is 18.0 Å². The summed E-state index contributed by atoms with van der Waals surface area (Å²) in [5, 5.41) is 3.25. The van der Waals surface area contributed by atoms with Gasteiger partial charge in [0.1, 0.15) is 5.82 Å². The Bertz CT molecular complexity index is 399. The van der Waals surface area contributed by atoms with E-state index in [-0.39, 0.29) is 11.9 Å². The number of hydrogen-bond donors (Lipinski definition) is 1. The Morgan fingerprint density at radius 3 is 2.76 bits per heavy atom. The lowest BCUT2D eigenvalue weighted by atomic mass is 10.0. The predicted molar refractivity (Wildman–Crippen MR) is 69.9 cm³/mol. The molecule has 0 bridgehead atoms. The molecule has 1 rings (SSSR count). The summed E-state index contributed by atoms with van der Waals surface area (Å²) in [5.74, 6) is 0.565. The van der Waals surface area contributed by atoms with Gasteiger partial charge in [0.15, 0.2) is 0 Å². The summed E-state index contributed by atoms with van der Waals surface area (Å²) in [6.45, 7) is 7.63. The van der Waals surface area contributed by atoms with Crippen LogP contribution in [0.25, 0.3) is 0 Å². The van der Waals surface area contributed by atoms with Gasteiger partial charge in [0, 0.05) is 14.1 Å². The first-order valence-corrected chi connectivity index (χ1v) is 5.53. The summed E-state index contributed by atoms with van der Waals surface area (Å²) in [5.41, 5.74) is 0.896. The summed E-state index contributed by atoms with van der Waals surface area (Å²) in [6, 6.07) is 6.58. The number of halogens is 1. The monoisotopic (exact) mass is 234 g/mol. The highest BCUT2D eigenvalue weighted by molar-refractivity contribution is 5.22. The standard InChI is InChI=1S/C14H19FN2/c1-5-7-14(16-11(2)17(3)4)12-8-6-9-13(15)10-12/h5-6,8-10,14,16H,1-2,7H2,3-4H3. The molecule has 0 radical (unpaired) electrons. The Morgan fingerprint density at radius 1 is 1.53 bits per heavy atom. The Balaban J connectivity index is 2.85. The number of benzene rings is 1. The molecule has 0 aliphatic heterocycles. The molecule has 0 aromatic heterocycles. The van der Waals surface area contributed by atoms with E-state index in [1.54, 1.807) is 6.07 Å². The molecule has 0 aliphatic rings. The molecule has 0 spiro atoms. The van der Waals surface area contributed by atoms with Crippen molar-refractivity contribution in [3.05, 3.63) is 60.7 Å². The number of rotatable bonds is 6. The third-order valence-corrected chi connectivity index (χ3v) is 2.53. The van der Waals surface area contributed by atoms with Gasteiger partial charge in [-0.2, -0.15) is 0 Å². The molecule has 0 aliphatic carbocycles. The van der Waals surface area contributed by atoms with Crippen LogP contribution < -0.4 is 5.32 Å². The molecule has 3 heteroatoms. The van der Waals surface area contributed by atoms with Gasteiger partial charge in [0.05, 0.1) is 11.9 Å². The summed E-state index contributed by atoms with van der Waals surface area (Å²) in [4.78, 5) is 1.88. The van der Waals surface area contributed by atoms with Crippen molar-refractivity contribution >= 4 is 0 Å². The molecule has 0 saturated carbocycles. The van der Waals surface area contributed by atoms with Crippen LogP contribution in [-0.2, 0) is 0 Å². The maximum absolute atomic E-state index is 13.2. The maximum atomic E-state index is 13.2. The zero-order valence-corrected chi connectivity index (χ0v) is 10.4. The van der Waals surface area contributed by atoms with Gasteiger partial charge in [-0.3, -0.25) is 0 Å². The van der Waals surface area contributed by atoms with E-state index in [1.807, 2.05) is 31.1 Å². The second kappa shape index (κ2) is 6.09. The Kier molecular flexibility index (Phi) is 4.76. The fourth-order valence-electron chi connectivity index (χ4n) is 1.50. The van der Waals surface area contributed by atoms with E-state index in [0.717, 1.165) is 17.8 Å². The Labute approximate surface area is 102 Å². The lowest BCUT2D eigenvalue weighted by Gasteiger charge is -2.24. The molecule has 0 amide bonds. The van der Waals surface area contributed by atoms with Crippen molar-refractivity contribution in [3.8, 4) is 0 Å². The summed E-state index contributed by atoms with van der Waals surface area (Å²) in [6.07, 6.45) is 2.53. The first-order valence-electron chi connectivity index (χ1n) is 5.53. The second-order valence-electron chi connectivity index (χ2n) is 4.12. The SMILES string of the molecule is C=CCC(NC(=C)N(C)C)c1cccc(F)c1. The normalized spacial score (nSPS) is 11.7. The minimum Gasteiger partial charge on any atom is -0.365 e. The quantitative estimate of drug-likeness (QED) is 0.761. The molecule has 1 aromatic carbocycles. The van der Waals surface area contributed by atoms with Crippen molar-refractivity contribution < 1.29 is 4.39 Å².